The Balaban J connectivity index is 1.98. The molecule has 1 aromatic rings. The summed E-state index contributed by atoms with van der Waals surface area (Å²) in [6.07, 6.45) is 3.43. The molecule has 1 N–H and O–H groups in total. The maximum absolute atomic E-state index is 13.0. The predicted molar refractivity (Wildman–Crippen MR) is 94.3 cm³/mol. The zero-order valence-corrected chi connectivity index (χ0v) is 16.1. The minimum absolute atomic E-state index is 0.00452. The van der Waals surface area contributed by atoms with Crippen molar-refractivity contribution in [1.29, 1.82) is 0 Å². The van der Waals surface area contributed by atoms with Gasteiger partial charge in [-0.1, -0.05) is 32.4 Å². The molecule has 5 heteroatoms. The lowest BCUT2D eigenvalue weighted by Gasteiger charge is -2.42. The van der Waals surface area contributed by atoms with E-state index in [2.05, 4.69) is 25.5 Å². The number of aryl methyl sites for hydroxylation is 2. The van der Waals surface area contributed by atoms with Crippen LogP contribution in [0.25, 0.3) is 0 Å². The molecule has 0 amide bonds. The first-order valence-corrected chi connectivity index (χ1v) is 10.1. The van der Waals surface area contributed by atoms with E-state index in [0.717, 1.165) is 18.4 Å². The second kappa shape index (κ2) is 5.21. The van der Waals surface area contributed by atoms with Gasteiger partial charge in [0.2, 0.25) is 10.0 Å². The van der Waals surface area contributed by atoms with E-state index in [9.17, 15) is 8.42 Å². The molecule has 2 aliphatic carbocycles. The van der Waals surface area contributed by atoms with Gasteiger partial charge in [-0.3, -0.25) is 0 Å². The minimum Gasteiger partial charge on any atom is -0.207 e. The van der Waals surface area contributed by atoms with Crippen molar-refractivity contribution in [3.63, 3.8) is 0 Å². The zero-order chi connectivity index (χ0) is 17.2. The third-order valence-electron chi connectivity index (χ3n) is 6.29. The third kappa shape index (κ3) is 2.63. The van der Waals surface area contributed by atoms with Crippen LogP contribution in [-0.4, -0.2) is 14.5 Å². The molecule has 2 fully saturated rings. The highest BCUT2D eigenvalue weighted by molar-refractivity contribution is 7.89. The molecule has 3 atom stereocenters. The highest BCUT2D eigenvalue weighted by Crippen LogP contribution is 2.62. The van der Waals surface area contributed by atoms with Crippen LogP contribution >= 0.6 is 11.6 Å². The Morgan fingerprint density at radius 3 is 2.39 bits per heavy atom. The van der Waals surface area contributed by atoms with Crippen molar-refractivity contribution in [3.05, 3.63) is 28.3 Å². The van der Waals surface area contributed by atoms with Gasteiger partial charge >= 0.3 is 0 Å². The fraction of sp³-hybridized carbons (Fsp3) is 0.667. The van der Waals surface area contributed by atoms with Gasteiger partial charge in [-0.25, -0.2) is 13.1 Å². The molecule has 3 rings (SSSR count). The summed E-state index contributed by atoms with van der Waals surface area (Å²) in [7, 11) is -3.55. The van der Waals surface area contributed by atoms with Crippen molar-refractivity contribution >= 4 is 21.6 Å². The first-order valence-electron chi connectivity index (χ1n) is 8.26. The van der Waals surface area contributed by atoms with Gasteiger partial charge < -0.3 is 0 Å². The zero-order valence-electron chi connectivity index (χ0n) is 14.5. The number of sulfonamides is 1. The summed E-state index contributed by atoms with van der Waals surface area (Å²) in [5.41, 5.74) is 1.54. The van der Waals surface area contributed by atoms with Crippen molar-refractivity contribution in [2.45, 2.75) is 64.8 Å². The fourth-order valence-electron chi connectivity index (χ4n) is 4.86. The van der Waals surface area contributed by atoms with E-state index < -0.39 is 10.0 Å². The second-order valence-electron chi connectivity index (χ2n) is 8.34. The molecule has 0 spiro atoms. The topological polar surface area (TPSA) is 46.2 Å². The number of benzene rings is 1. The molecule has 128 valence electrons. The minimum atomic E-state index is -3.55. The largest absolute Gasteiger partial charge is 0.241 e. The summed E-state index contributed by atoms with van der Waals surface area (Å²) >= 11 is 6.11. The molecule has 2 saturated carbocycles. The van der Waals surface area contributed by atoms with Crippen molar-refractivity contribution in [2.75, 3.05) is 0 Å². The van der Waals surface area contributed by atoms with Crippen molar-refractivity contribution in [3.8, 4) is 0 Å². The van der Waals surface area contributed by atoms with E-state index in [1.165, 1.54) is 6.42 Å². The van der Waals surface area contributed by atoms with Gasteiger partial charge in [0.25, 0.3) is 0 Å². The van der Waals surface area contributed by atoms with Gasteiger partial charge in [-0.05, 0) is 73.1 Å². The molecule has 3 nitrogen and oxygen atoms in total. The lowest BCUT2D eigenvalue weighted by atomic mass is 9.69. The molecule has 0 aliphatic heterocycles. The van der Waals surface area contributed by atoms with Crippen LogP contribution in [0, 0.1) is 30.6 Å². The van der Waals surface area contributed by atoms with Gasteiger partial charge in [0.05, 0.1) is 4.90 Å². The summed E-state index contributed by atoms with van der Waals surface area (Å²) < 4.78 is 29.1. The molecule has 0 heterocycles. The maximum Gasteiger partial charge on any atom is 0.241 e. The Morgan fingerprint density at radius 2 is 1.83 bits per heavy atom. The number of halogens is 1. The highest BCUT2D eigenvalue weighted by atomic mass is 35.5. The molecule has 0 radical (unpaired) electrons. The predicted octanol–water partition coefficient (Wildman–Crippen LogP) is 4.45. The Morgan fingerprint density at radius 1 is 1.17 bits per heavy atom. The molecule has 1 aromatic carbocycles. The van der Waals surface area contributed by atoms with Gasteiger partial charge in [0, 0.05) is 11.1 Å². The summed E-state index contributed by atoms with van der Waals surface area (Å²) in [5, 5.41) is 0.605. The maximum atomic E-state index is 13.0. The summed E-state index contributed by atoms with van der Waals surface area (Å²) in [5.74, 6) is 0.605. The normalized spacial score (nSPS) is 32.4. The summed E-state index contributed by atoms with van der Waals surface area (Å²) in [6.45, 7) is 10.3. The first-order chi connectivity index (χ1) is 10.5. The summed E-state index contributed by atoms with van der Waals surface area (Å²) in [4.78, 5) is 0.349. The van der Waals surface area contributed by atoms with Crippen LogP contribution in [0.4, 0.5) is 0 Å². The van der Waals surface area contributed by atoms with Crippen molar-refractivity contribution < 1.29 is 8.42 Å². The Bertz CT molecular complexity index is 752. The SMILES string of the molecule is Cc1cc(S(=O)(=O)NC2C3(C)CCC(C3)C2(C)C)c(C)cc1Cl. The van der Waals surface area contributed by atoms with E-state index in [-0.39, 0.29) is 16.9 Å². The van der Waals surface area contributed by atoms with Crippen molar-refractivity contribution in [2.24, 2.45) is 16.7 Å². The molecular weight excluding hydrogens is 330 g/mol. The van der Waals surface area contributed by atoms with Gasteiger partial charge in [0.1, 0.15) is 0 Å². The van der Waals surface area contributed by atoms with Crippen LogP contribution < -0.4 is 4.72 Å². The monoisotopic (exact) mass is 355 g/mol. The van der Waals surface area contributed by atoms with E-state index >= 15 is 0 Å². The van der Waals surface area contributed by atoms with Gasteiger partial charge in [-0.15, -0.1) is 0 Å². The lowest BCUT2D eigenvalue weighted by Crippen LogP contribution is -2.52. The Kier molecular flexibility index (Phi) is 3.90. The van der Waals surface area contributed by atoms with Crippen LogP contribution in [0.1, 0.15) is 51.2 Å². The standard InChI is InChI=1S/C18H26ClNO2S/c1-11-9-15(12(2)8-14(11)19)23(21,22)20-16-17(3,4)13-6-7-18(16,5)10-13/h8-9,13,16,20H,6-7,10H2,1-5H3. The summed E-state index contributed by atoms with van der Waals surface area (Å²) in [6, 6.07) is 3.40. The average Bonchev–Trinajstić information content (AvgIpc) is 2.90. The molecule has 2 bridgehead atoms. The van der Waals surface area contributed by atoms with E-state index in [0.29, 0.717) is 21.4 Å². The average molecular weight is 356 g/mol. The van der Waals surface area contributed by atoms with Crippen LogP contribution in [-0.2, 0) is 10.0 Å². The van der Waals surface area contributed by atoms with Crippen LogP contribution in [0.15, 0.2) is 17.0 Å². The number of fused-ring (bicyclic) bond motifs is 2. The molecule has 3 unspecified atom stereocenters. The molecule has 2 aliphatic rings. The van der Waals surface area contributed by atoms with E-state index in [4.69, 9.17) is 11.6 Å². The second-order valence-corrected chi connectivity index (χ2v) is 10.4. The molecular formula is C18H26ClNO2S. The first kappa shape index (κ1) is 17.2. The number of hydrogen-bond acceptors (Lipinski definition) is 2. The Hall–Kier alpha value is -0.580. The number of nitrogens with one attached hydrogen (secondary N) is 1. The number of rotatable bonds is 3. The van der Waals surface area contributed by atoms with Gasteiger partial charge in [-0.2, -0.15) is 0 Å². The quantitative estimate of drug-likeness (QED) is 0.870. The van der Waals surface area contributed by atoms with Crippen LogP contribution in [0.2, 0.25) is 5.02 Å². The fourth-order valence-corrected chi connectivity index (χ4v) is 6.92. The van der Waals surface area contributed by atoms with Crippen LogP contribution in [0.3, 0.4) is 0 Å². The van der Waals surface area contributed by atoms with Crippen LogP contribution in [0.5, 0.6) is 0 Å². The van der Waals surface area contributed by atoms with Crippen molar-refractivity contribution in [1.82, 2.24) is 4.72 Å². The van der Waals surface area contributed by atoms with Gasteiger partial charge in [0.15, 0.2) is 0 Å². The van der Waals surface area contributed by atoms with E-state index in [1.807, 2.05) is 6.92 Å². The third-order valence-corrected chi connectivity index (χ3v) is 8.26. The molecule has 0 aromatic heterocycles. The van der Waals surface area contributed by atoms with E-state index in [1.54, 1.807) is 19.1 Å². The molecule has 0 saturated heterocycles. The molecule has 23 heavy (non-hydrogen) atoms. The number of hydrogen-bond donors (Lipinski definition) is 1. The lowest BCUT2D eigenvalue weighted by molar-refractivity contribution is 0.127. The highest BCUT2D eigenvalue weighted by Gasteiger charge is 2.60. The Labute approximate surface area is 144 Å². The smallest absolute Gasteiger partial charge is 0.207 e.